The van der Waals surface area contributed by atoms with E-state index < -0.39 is 0 Å². The van der Waals surface area contributed by atoms with E-state index in [0.717, 1.165) is 37.3 Å². The molecule has 0 fully saturated rings. The molecule has 2 aromatic rings. The molecule has 1 aliphatic carbocycles. The molecule has 1 atom stereocenters. The van der Waals surface area contributed by atoms with Crippen molar-refractivity contribution in [1.82, 2.24) is 9.55 Å². The van der Waals surface area contributed by atoms with Crippen LogP contribution in [0.25, 0.3) is 0 Å². The minimum atomic E-state index is -0.110. The van der Waals surface area contributed by atoms with Crippen molar-refractivity contribution in [2.45, 2.75) is 45.1 Å². The lowest BCUT2D eigenvalue weighted by Crippen LogP contribution is -2.25. The van der Waals surface area contributed by atoms with Crippen molar-refractivity contribution in [3.8, 4) is 0 Å². The van der Waals surface area contributed by atoms with E-state index >= 15 is 0 Å². The molecular weight excluding hydrogens is 265 g/mol. The number of fused-ring (bicyclic) bond motifs is 3. The highest BCUT2D eigenvalue weighted by Gasteiger charge is 2.28. The fourth-order valence-corrected chi connectivity index (χ4v) is 3.61. The Hall–Kier alpha value is -1.84. The maximum Gasteiger partial charge on any atom is 0.203 e. The van der Waals surface area contributed by atoms with Gasteiger partial charge in [-0.15, -0.1) is 0 Å². The summed E-state index contributed by atoms with van der Waals surface area (Å²) in [6.07, 6.45) is 5.61. The molecular formula is C17H20FN3. The zero-order chi connectivity index (χ0) is 14.4. The number of nitrogens with one attached hydrogen (secondary N) is 1. The van der Waals surface area contributed by atoms with Gasteiger partial charge in [0.05, 0.1) is 11.7 Å². The van der Waals surface area contributed by atoms with Gasteiger partial charge in [-0.3, -0.25) is 0 Å². The van der Waals surface area contributed by atoms with Gasteiger partial charge < -0.3 is 9.88 Å². The average Bonchev–Trinajstić information content (AvgIpc) is 2.88. The third kappa shape index (κ3) is 2.04. The van der Waals surface area contributed by atoms with Crippen molar-refractivity contribution in [2.75, 3.05) is 11.9 Å². The van der Waals surface area contributed by atoms with E-state index in [2.05, 4.69) is 16.0 Å². The summed E-state index contributed by atoms with van der Waals surface area (Å²) >= 11 is 0. The Kier molecular flexibility index (Phi) is 2.98. The SMILES string of the molecule is Cc1ccc(C2CCNc3nc4c(n32)CCCC4)cc1F. The van der Waals surface area contributed by atoms with Crippen LogP contribution in [0.5, 0.6) is 0 Å². The summed E-state index contributed by atoms with van der Waals surface area (Å²) in [4.78, 5) is 4.77. The summed E-state index contributed by atoms with van der Waals surface area (Å²) < 4.78 is 16.3. The highest BCUT2D eigenvalue weighted by molar-refractivity contribution is 5.41. The molecule has 0 bridgehead atoms. The molecule has 0 spiro atoms. The van der Waals surface area contributed by atoms with E-state index in [-0.39, 0.29) is 11.9 Å². The fourth-order valence-electron chi connectivity index (χ4n) is 3.61. The van der Waals surface area contributed by atoms with Gasteiger partial charge in [0.15, 0.2) is 0 Å². The number of benzene rings is 1. The van der Waals surface area contributed by atoms with Gasteiger partial charge in [-0.1, -0.05) is 12.1 Å². The lowest BCUT2D eigenvalue weighted by molar-refractivity contribution is 0.497. The maximum absolute atomic E-state index is 13.9. The van der Waals surface area contributed by atoms with Crippen molar-refractivity contribution in [3.05, 3.63) is 46.5 Å². The topological polar surface area (TPSA) is 29.9 Å². The number of aromatic nitrogens is 2. The van der Waals surface area contributed by atoms with Crippen LogP contribution in [-0.2, 0) is 12.8 Å². The lowest BCUT2D eigenvalue weighted by Gasteiger charge is -2.29. The average molecular weight is 285 g/mol. The van der Waals surface area contributed by atoms with Crippen LogP contribution in [0, 0.1) is 12.7 Å². The normalized spacial score (nSPS) is 20.6. The van der Waals surface area contributed by atoms with E-state index in [4.69, 9.17) is 4.98 Å². The molecule has 4 rings (SSSR count). The Balaban J connectivity index is 1.82. The van der Waals surface area contributed by atoms with Gasteiger partial charge in [-0.2, -0.15) is 0 Å². The molecule has 4 heteroatoms. The van der Waals surface area contributed by atoms with Crippen molar-refractivity contribution in [1.29, 1.82) is 0 Å². The molecule has 1 N–H and O–H groups in total. The van der Waals surface area contributed by atoms with Crippen LogP contribution in [0.1, 0.15) is 47.8 Å². The van der Waals surface area contributed by atoms with Crippen molar-refractivity contribution >= 4 is 5.95 Å². The van der Waals surface area contributed by atoms with E-state index in [1.165, 1.54) is 24.2 Å². The van der Waals surface area contributed by atoms with E-state index in [1.54, 1.807) is 6.07 Å². The number of rotatable bonds is 1. The summed E-state index contributed by atoms with van der Waals surface area (Å²) in [7, 11) is 0. The molecule has 21 heavy (non-hydrogen) atoms. The van der Waals surface area contributed by atoms with E-state index in [1.807, 2.05) is 13.0 Å². The Bertz CT molecular complexity index is 690. The molecule has 1 unspecified atom stereocenters. The second-order valence-electron chi connectivity index (χ2n) is 6.15. The lowest BCUT2D eigenvalue weighted by atomic mass is 9.97. The third-order valence-corrected chi connectivity index (χ3v) is 4.76. The minimum Gasteiger partial charge on any atom is -0.356 e. The zero-order valence-corrected chi connectivity index (χ0v) is 12.3. The second kappa shape index (κ2) is 4.86. The predicted octanol–water partition coefficient (Wildman–Crippen LogP) is 3.61. The number of aryl methyl sites for hydroxylation is 2. The first-order valence-electron chi connectivity index (χ1n) is 7.84. The number of nitrogens with zero attached hydrogens (tertiary/aromatic N) is 2. The number of hydrogen-bond donors (Lipinski definition) is 1. The number of imidazole rings is 1. The summed E-state index contributed by atoms with van der Waals surface area (Å²) in [5.74, 6) is 0.862. The molecule has 2 aliphatic rings. The van der Waals surface area contributed by atoms with Crippen LogP contribution in [0.3, 0.4) is 0 Å². The van der Waals surface area contributed by atoms with E-state index in [9.17, 15) is 4.39 Å². The Labute approximate surface area is 124 Å². The second-order valence-corrected chi connectivity index (χ2v) is 6.15. The first kappa shape index (κ1) is 12.9. The first-order chi connectivity index (χ1) is 10.2. The quantitative estimate of drug-likeness (QED) is 0.867. The number of halogens is 1. The standard InChI is InChI=1S/C17H20FN3/c1-11-6-7-12(10-13(11)18)15-8-9-19-17-20-14-4-2-3-5-16(14)21(15)17/h6-7,10,15H,2-5,8-9H2,1H3,(H,19,20). The first-order valence-corrected chi connectivity index (χ1v) is 7.84. The third-order valence-electron chi connectivity index (χ3n) is 4.76. The van der Waals surface area contributed by atoms with Gasteiger partial charge in [0.25, 0.3) is 0 Å². The summed E-state index contributed by atoms with van der Waals surface area (Å²) in [6.45, 7) is 2.71. The van der Waals surface area contributed by atoms with Crippen LogP contribution < -0.4 is 5.32 Å². The van der Waals surface area contributed by atoms with Crippen LogP contribution in [0.15, 0.2) is 18.2 Å². The molecule has 0 saturated heterocycles. The zero-order valence-electron chi connectivity index (χ0n) is 12.3. The summed E-state index contributed by atoms with van der Waals surface area (Å²) in [5, 5.41) is 3.40. The molecule has 1 aromatic carbocycles. The van der Waals surface area contributed by atoms with Gasteiger partial charge in [-0.05, 0) is 56.2 Å². The van der Waals surface area contributed by atoms with Gasteiger partial charge in [0.1, 0.15) is 5.82 Å². The predicted molar refractivity (Wildman–Crippen MR) is 81.3 cm³/mol. The van der Waals surface area contributed by atoms with Gasteiger partial charge in [-0.25, -0.2) is 9.37 Å². The molecule has 0 saturated carbocycles. The smallest absolute Gasteiger partial charge is 0.203 e. The van der Waals surface area contributed by atoms with Crippen LogP contribution in [0.2, 0.25) is 0 Å². The highest BCUT2D eigenvalue weighted by Crippen LogP contribution is 2.35. The van der Waals surface area contributed by atoms with E-state index in [0.29, 0.717) is 5.56 Å². The molecule has 1 aliphatic heterocycles. The Morgan fingerprint density at radius 3 is 3.00 bits per heavy atom. The monoisotopic (exact) mass is 285 g/mol. The van der Waals surface area contributed by atoms with Gasteiger partial charge in [0, 0.05) is 12.2 Å². The van der Waals surface area contributed by atoms with Crippen molar-refractivity contribution in [3.63, 3.8) is 0 Å². The van der Waals surface area contributed by atoms with Gasteiger partial charge >= 0.3 is 0 Å². The molecule has 1 aromatic heterocycles. The Morgan fingerprint density at radius 2 is 2.14 bits per heavy atom. The Morgan fingerprint density at radius 1 is 1.29 bits per heavy atom. The number of anilines is 1. The van der Waals surface area contributed by atoms with Crippen LogP contribution >= 0.6 is 0 Å². The largest absolute Gasteiger partial charge is 0.356 e. The molecule has 110 valence electrons. The highest BCUT2D eigenvalue weighted by atomic mass is 19.1. The van der Waals surface area contributed by atoms with Crippen molar-refractivity contribution in [2.24, 2.45) is 0 Å². The molecule has 2 heterocycles. The maximum atomic E-state index is 13.9. The fraction of sp³-hybridized carbons (Fsp3) is 0.471. The summed E-state index contributed by atoms with van der Waals surface area (Å²) in [5.41, 5.74) is 4.37. The minimum absolute atomic E-state index is 0.110. The number of hydrogen-bond acceptors (Lipinski definition) is 2. The summed E-state index contributed by atoms with van der Waals surface area (Å²) in [6, 6.07) is 5.86. The van der Waals surface area contributed by atoms with Crippen LogP contribution in [0.4, 0.5) is 10.3 Å². The molecule has 3 nitrogen and oxygen atoms in total. The van der Waals surface area contributed by atoms with Gasteiger partial charge in [0.2, 0.25) is 5.95 Å². The molecule has 0 amide bonds. The van der Waals surface area contributed by atoms with Crippen molar-refractivity contribution < 1.29 is 4.39 Å². The molecule has 0 radical (unpaired) electrons. The van der Waals surface area contributed by atoms with Crippen LogP contribution in [-0.4, -0.2) is 16.1 Å².